The molecule has 3 aromatic rings. The Hall–Kier alpha value is -0.526. The van der Waals surface area contributed by atoms with Crippen molar-refractivity contribution in [1.29, 1.82) is 0 Å². The zero-order valence-electron chi connectivity index (χ0n) is 10.1. The first-order chi connectivity index (χ1) is 7.36. The van der Waals surface area contributed by atoms with Crippen LogP contribution in [-0.4, -0.2) is 0 Å². The summed E-state index contributed by atoms with van der Waals surface area (Å²) in [4.78, 5) is 0. The summed E-state index contributed by atoms with van der Waals surface area (Å²) in [6.45, 7) is 2.08. The zero-order chi connectivity index (χ0) is 10.5. The molecule has 3 aromatic carbocycles. The third-order valence-electron chi connectivity index (χ3n) is 2.38. The predicted molar refractivity (Wildman–Crippen MR) is 66.3 cm³/mol. The van der Waals surface area contributed by atoms with Gasteiger partial charge in [0.05, 0.1) is 0 Å². The summed E-state index contributed by atoms with van der Waals surface area (Å²) < 4.78 is 0. The average molecular weight is 313 g/mol. The van der Waals surface area contributed by atoms with Gasteiger partial charge in [0.2, 0.25) is 0 Å². The third-order valence-corrected chi connectivity index (χ3v) is 2.38. The van der Waals surface area contributed by atoms with Crippen LogP contribution in [0.4, 0.5) is 0 Å². The maximum atomic E-state index is 2.12. The Morgan fingerprint density at radius 2 is 1.50 bits per heavy atom. The van der Waals surface area contributed by atoms with Gasteiger partial charge in [0.25, 0.3) is 0 Å². The largest absolute Gasteiger partial charge is 4.00 e. The van der Waals surface area contributed by atoms with E-state index in [0.717, 1.165) is 0 Å². The fourth-order valence-corrected chi connectivity index (χ4v) is 1.54. The van der Waals surface area contributed by atoms with E-state index in [1.807, 2.05) is 12.1 Å². The van der Waals surface area contributed by atoms with Crippen LogP contribution in [0.1, 0.15) is 5.56 Å². The summed E-state index contributed by atoms with van der Waals surface area (Å²) >= 11 is 0. The molecule has 0 aliphatic carbocycles. The summed E-state index contributed by atoms with van der Waals surface area (Å²) in [5.41, 5.74) is 1.34. The fourth-order valence-electron chi connectivity index (χ4n) is 1.54. The number of aryl methyl sites for hydroxylation is 1. The molecular weight excluding hydrogens is 299 g/mol. The molecule has 0 radical (unpaired) electrons. The second kappa shape index (κ2) is 10.4. The molecule has 0 aliphatic heterocycles. The smallest absolute Gasteiger partial charge is 1.00 e. The maximum Gasteiger partial charge on any atom is 4.00 e. The molecule has 18 heavy (non-hydrogen) atoms. The number of hydrogen-bond donors (Lipinski definition) is 0. The summed E-state index contributed by atoms with van der Waals surface area (Å²) in [5.74, 6) is 0. The number of fused-ring (bicyclic) bond motifs is 1. The Morgan fingerprint density at radius 3 is 2.00 bits per heavy atom. The van der Waals surface area contributed by atoms with Crippen molar-refractivity contribution in [2.75, 3.05) is 0 Å². The molecule has 3 heteroatoms. The molecule has 0 aromatic heterocycles. The predicted octanol–water partition coefficient (Wildman–Crippen LogP) is -1.72. The molecule has 0 spiro atoms. The first-order valence-electron chi connectivity index (χ1n) is 5.15. The van der Waals surface area contributed by atoms with Gasteiger partial charge in [-0.2, -0.15) is 35.2 Å². The monoisotopic (exact) mass is 312 g/mol. The molecule has 0 atom stereocenters. The van der Waals surface area contributed by atoms with Crippen LogP contribution in [0, 0.1) is 6.92 Å². The SMILES string of the molecule is C[c-]1cccc1.[Cl-].[Cl-].[Ti+4].c1ccc2[cH-]ccc2c1. The van der Waals surface area contributed by atoms with E-state index in [2.05, 4.69) is 61.5 Å². The molecule has 3 rings (SSSR count). The van der Waals surface area contributed by atoms with Gasteiger partial charge in [-0.1, -0.05) is 13.0 Å². The molecule has 92 valence electrons. The number of halogens is 2. The van der Waals surface area contributed by atoms with E-state index in [4.69, 9.17) is 0 Å². The van der Waals surface area contributed by atoms with Gasteiger partial charge in [0, 0.05) is 0 Å². The molecule has 0 saturated carbocycles. The minimum Gasteiger partial charge on any atom is -1.00 e. The van der Waals surface area contributed by atoms with Crippen molar-refractivity contribution in [2.45, 2.75) is 6.92 Å². The van der Waals surface area contributed by atoms with Crippen LogP contribution >= 0.6 is 0 Å². The molecule has 0 nitrogen and oxygen atoms in total. The van der Waals surface area contributed by atoms with Gasteiger partial charge < -0.3 is 24.8 Å². The van der Waals surface area contributed by atoms with E-state index in [0.29, 0.717) is 0 Å². The maximum absolute atomic E-state index is 2.12. The molecule has 0 unspecified atom stereocenters. The van der Waals surface area contributed by atoms with Gasteiger partial charge in [-0.25, -0.2) is 12.1 Å². The number of hydrogen-bond acceptors (Lipinski definition) is 0. The van der Waals surface area contributed by atoms with E-state index >= 15 is 0 Å². The van der Waals surface area contributed by atoms with Gasteiger partial charge in [0.1, 0.15) is 0 Å². The van der Waals surface area contributed by atoms with Gasteiger partial charge in [0.15, 0.2) is 0 Å². The van der Waals surface area contributed by atoms with Crippen molar-refractivity contribution in [3.8, 4) is 0 Å². The number of rotatable bonds is 0. The first-order valence-corrected chi connectivity index (χ1v) is 5.15. The molecule has 0 heterocycles. The van der Waals surface area contributed by atoms with E-state index in [1.54, 1.807) is 0 Å². The molecule has 0 N–H and O–H groups in total. The third kappa shape index (κ3) is 5.88. The Morgan fingerprint density at radius 1 is 0.889 bits per heavy atom. The van der Waals surface area contributed by atoms with Crippen LogP contribution in [0.15, 0.2) is 66.7 Å². The summed E-state index contributed by atoms with van der Waals surface area (Å²) in [7, 11) is 0. The molecule has 0 bridgehead atoms. The quantitative estimate of drug-likeness (QED) is 0.342. The van der Waals surface area contributed by atoms with E-state index in [1.165, 1.54) is 16.3 Å². The minimum atomic E-state index is 0. The zero-order valence-corrected chi connectivity index (χ0v) is 13.2. The first kappa shape index (κ1) is 19.8. The van der Waals surface area contributed by atoms with Crippen molar-refractivity contribution in [2.24, 2.45) is 0 Å². The van der Waals surface area contributed by atoms with Crippen LogP contribution in [-0.2, 0) is 21.7 Å². The average Bonchev–Trinajstić information content (AvgIpc) is 2.88. The van der Waals surface area contributed by atoms with Crippen LogP contribution in [0.3, 0.4) is 0 Å². The molecule has 0 saturated heterocycles. The normalized spacial score (nSPS) is 8.06. The van der Waals surface area contributed by atoms with Gasteiger partial charge in [-0.05, 0) is 0 Å². The summed E-state index contributed by atoms with van der Waals surface area (Å²) in [6, 6.07) is 22.9. The molecular formula is C15H14Cl2Ti. The van der Waals surface area contributed by atoms with Crippen molar-refractivity contribution in [3.63, 3.8) is 0 Å². The van der Waals surface area contributed by atoms with Gasteiger partial charge >= 0.3 is 21.7 Å². The van der Waals surface area contributed by atoms with Crippen LogP contribution in [0.25, 0.3) is 10.8 Å². The van der Waals surface area contributed by atoms with E-state index in [-0.39, 0.29) is 46.5 Å². The van der Waals surface area contributed by atoms with E-state index in [9.17, 15) is 0 Å². The van der Waals surface area contributed by atoms with Gasteiger partial charge in [-0.3, -0.25) is 0 Å². The van der Waals surface area contributed by atoms with Crippen molar-refractivity contribution in [1.82, 2.24) is 0 Å². The molecule has 0 amide bonds. The number of benzene rings is 1. The fraction of sp³-hybridized carbons (Fsp3) is 0.0667. The summed E-state index contributed by atoms with van der Waals surface area (Å²) in [6.07, 6.45) is 0. The van der Waals surface area contributed by atoms with Crippen molar-refractivity contribution < 1.29 is 46.5 Å². The van der Waals surface area contributed by atoms with Gasteiger partial charge in [-0.15, -0.1) is 29.7 Å². The Bertz CT molecular complexity index is 482. The Labute approximate surface area is 136 Å². The Kier molecular flexibility index (Phi) is 11.4. The second-order valence-corrected chi connectivity index (χ2v) is 3.62. The summed E-state index contributed by atoms with van der Waals surface area (Å²) in [5, 5.41) is 2.66. The van der Waals surface area contributed by atoms with Crippen LogP contribution in [0.2, 0.25) is 0 Å². The molecule has 0 fully saturated rings. The van der Waals surface area contributed by atoms with E-state index < -0.39 is 0 Å². The van der Waals surface area contributed by atoms with Crippen molar-refractivity contribution in [3.05, 3.63) is 72.3 Å². The minimum absolute atomic E-state index is 0. The standard InChI is InChI=1S/C9H7.C6H7.2ClH.Ti/c1-2-5-9-7-3-6-8(9)4-1;1-6-4-2-3-5-6;;;/h1-7H;2-5H,1H3;2*1H;/q2*-1;;;+4/p-2. The topological polar surface area (TPSA) is 0 Å². The van der Waals surface area contributed by atoms with Crippen LogP contribution in [0.5, 0.6) is 0 Å². The van der Waals surface area contributed by atoms with Crippen molar-refractivity contribution >= 4 is 10.8 Å². The Balaban J connectivity index is 0. The van der Waals surface area contributed by atoms with Crippen LogP contribution < -0.4 is 24.8 Å². The second-order valence-electron chi connectivity index (χ2n) is 3.62. The molecule has 0 aliphatic rings.